The van der Waals surface area contributed by atoms with Gasteiger partial charge in [0.25, 0.3) is 0 Å². The lowest BCUT2D eigenvalue weighted by molar-refractivity contribution is 0.101. The number of rotatable bonds is 4. The van der Waals surface area contributed by atoms with Crippen LogP contribution in [0.5, 0.6) is 28.7 Å². The van der Waals surface area contributed by atoms with Crippen molar-refractivity contribution in [3.05, 3.63) is 47.2 Å². The third kappa shape index (κ3) is 2.62. The number of fused-ring (bicyclic) bond motifs is 1. The lowest BCUT2D eigenvalue weighted by Crippen LogP contribution is -1.99. The van der Waals surface area contributed by atoms with Crippen LogP contribution in [0.2, 0.25) is 0 Å². The van der Waals surface area contributed by atoms with Gasteiger partial charge < -0.3 is 24.4 Å². The van der Waals surface area contributed by atoms with Crippen molar-refractivity contribution in [3.63, 3.8) is 0 Å². The first-order chi connectivity index (χ1) is 11.5. The number of phenolic OH excluding ortho intramolecular Hbond substituents is 2. The predicted molar refractivity (Wildman–Crippen MR) is 86.9 cm³/mol. The van der Waals surface area contributed by atoms with Gasteiger partial charge in [0, 0.05) is 0 Å². The first kappa shape index (κ1) is 15.7. The van der Waals surface area contributed by atoms with Gasteiger partial charge in [0.05, 0.1) is 19.3 Å². The smallest absolute Gasteiger partial charge is 0.232 e. The molecule has 0 saturated carbocycles. The van der Waals surface area contributed by atoms with Gasteiger partial charge in [-0.2, -0.15) is 0 Å². The second kappa shape index (κ2) is 6.16. The highest BCUT2D eigenvalue weighted by atomic mass is 16.5. The summed E-state index contributed by atoms with van der Waals surface area (Å²) in [5.74, 6) is -0.00132. The summed E-state index contributed by atoms with van der Waals surface area (Å²) in [7, 11) is 1.55. The highest BCUT2D eigenvalue weighted by molar-refractivity contribution is 6.15. The molecule has 1 aliphatic heterocycles. The largest absolute Gasteiger partial charge is 0.504 e. The fourth-order valence-corrected chi connectivity index (χ4v) is 2.43. The van der Waals surface area contributed by atoms with Crippen molar-refractivity contribution >= 4 is 11.9 Å². The molecule has 1 heterocycles. The van der Waals surface area contributed by atoms with Crippen LogP contribution in [-0.2, 0) is 0 Å². The number of phenols is 2. The number of allylic oxidation sites excluding steroid dienone is 1. The lowest BCUT2D eigenvalue weighted by atomic mass is 10.1. The summed E-state index contributed by atoms with van der Waals surface area (Å²) in [6.07, 6.45) is 1.54. The number of ether oxygens (including phenoxy) is 3. The van der Waals surface area contributed by atoms with Gasteiger partial charge in [0.1, 0.15) is 0 Å². The van der Waals surface area contributed by atoms with Gasteiger partial charge in [0.15, 0.2) is 28.8 Å². The Morgan fingerprint density at radius 1 is 1.17 bits per heavy atom. The van der Waals surface area contributed by atoms with Crippen LogP contribution in [0.25, 0.3) is 6.08 Å². The summed E-state index contributed by atoms with van der Waals surface area (Å²) in [5.41, 5.74) is 0.884. The number of Topliss-reactive ketones (excluding diaryl/α,β-unsaturated/α-hetero) is 1. The molecule has 0 fully saturated rings. The van der Waals surface area contributed by atoms with Crippen LogP contribution < -0.4 is 14.2 Å². The number of ketones is 1. The summed E-state index contributed by atoms with van der Waals surface area (Å²) in [5, 5.41) is 19.3. The average molecular weight is 328 g/mol. The molecular formula is C18H16O6. The van der Waals surface area contributed by atoms with Crippen LogP contribution in [0.1, 0.15) is 22.8 Å². The number of benzene rings is 2. The van der Waals surface area contributed by atoms with E-state index in [0.717, 1.165) is 0 Å². The Bertz CT molecular complexity index is 838. The van der Waals surface area contributed by atoms with Crippen molar-refractivity contribution in [2.24, 2.45) is 0 Å². The molecule has 0 bridgehead atoms. The van der Waals surface area contributed by atoms with Crippen LogP contribution in [-0.4, -0.2) is 29.7 Å². The highest BCUT2D eigenvalue weighted by Crippen LogP contribution is 2.44. The minimum Gasteiger partial charge on any atom is -0.504 e. The quantitative estimate of drug-likeness (QED) is 0.662. The Kier molecular flexibility index (Phi) is 4.04. The SMILES string of the molecule is CCOc1cc(/C=C2\Oc3c(ccc(O)c3O)C2=O)ccc1OC. The van der Waals surface area contributed by atoms with Crippen LogP contribution in [0.3, 0.4) is 0 Å². The molecule has 2 aromatic rings. The highest BCUT2D eigenvalue weighted by Gasteiger charge is 2.31. The number of carbonyl (C=O) groups is 1. The maximum Gasteiger partial charge on any atom is 0.232 e. The van der Waals surface area contributed by atoms with E-state index in [1.807, 2.05) is 6.92 Å². The maximum atomic E-state index is 12.4. The van der Waals surface area contributed by atoms with Crippen LogP contribution >= 0.6 is 0 Å². The summed E-state index contributed by atoms with van der Waals surface area (Å²) in [6.45, 7) is 2.34. The topological polar surface area (TPSA) is 85.2 Å². The monoisotopic (exact) mass is 328 g/mol. The van der Waals surface area contributed by atoms with Crippen LogP contribution in [0.4, 0.5) is 0 Å². The molecule has 0 spiro atoms. The van der Waals surface area contributed by atoms with Crippen LogP contribution in [0, 0.1) is 0 Å². The molecular weight excluding hydrogens is 312 g/mol. The minimum atomic E-state index is -0.450. The summed E-state index contributed by atoms with van der Waals surface area (Å²) < 4.78 is 16.1. The first-order valence-corrected chi connectivity index (χ1v) is 7.35. The van der Waals surface area contributed by atoms with Gasteiger partial charge >= 0.3 is 0 Å². The van der Waals surface area contributed by atoms with E-state index in [2.05, 4.69) is 0 Å². The number of aromatic hydroxyl groups is 2. The number of hydrogen-bond acceptors (Lipinski definition) is 6. The number of carbonyl (C=O) groups excluding carboxylic acids is 1. The van der Waals surface area contributed by atoms with Crippen molar-refractivity contribution in [1.82, 2.24) is 0 Å². The standard InChI is InChI=1S/C18H16O6/c1-3-23-14-8-10(4-7-13(14)22-2)9-15-16(20)11-5-6-12(19)17(21)18(11)24-15/h4-9,19,21H,3H2,1-2H3/b15-9-. The molecule has 2 N–H and O–H groups in total. The molecule has 0 unspecified atom stereocenters. The summed E-state index contributed by atoms with van der Waals surface area (Å²) in [6, 6.07) is 7.87. The Morgan fingerprint density at radius 3 is 2.67 bits per heavy atom. The average Bonchev–Trinajstić information content (AvgIpc) is 2.89. The van der Waals surface area contributed by atoms with Crippen molar-refractivity contribution in [1.29, 1.82) is 0 Å². The summed E-state index contributed by atoms with van der Waals surface area (Å²) >= 11 is 0. The molecule has 0 aromatic heterocycles. The van der Waals surface area contributed by atoms with E-state index in [9.17, 15) is 15.0 Å². The zero-order chi connectivity index (χ0) is 17.3. The molecule has 0 radical (unpaired) electrons. The van der Waals surface area contributed by atoms with E-state index in [-0.39, 0.29) is 28.6 Å². The maximum absolute atomic E-state index is 12.4. The molecule has 2 aromatic carbocycles. The van der Waals surface area contributed by atoms with Crippen molar-refractivity contribution < 1.29 is 29.2 Å². The predicted octanol–water partition coefficient (Wildman–Crippen LogP) is 3.12. The Hall–Kier alpha value is -3.15. The number of methoxy groups -OCH3 is 1. The van der Waals surface area contributed by atoms with Gasteiger partial charge in [-0.05, 0) is 42.8 Å². The van der Waals surface area contributed by atoms with Gasteiger partial charge in [-0.15, -0.1) is 0 Å². The molecule has 0 aliphatic carbocycles. The molecule has 0 atom stereocenters. The molecule has 24 heavy (non-hydrogen) atoms. The zero-order valence-corrected chi connectivity index (χ0v) is 13.2. The van der Waals surface area contributed by atoms with E-state index < -0.39 is 5.75 Å². The summed E-state index contributed by atoms with van der Waals surface area (Å²) in [4.78, 5) is 12.4. The lowest BCUT2D eigenvalue weighted by Gasteiger charge is -2.09. The molecule has 3 rings (SSSR count). The second-order valence-electron chi connectivity index (χ2n) is 5.09. The van der Waals surface area contributed by atoms with Crippen molar-refractivity contribution in [2.45, 2.75) is 6.92 Å². The van der Waals surface area contributed by atoms with Gasteiger partial charge in [-0.1, -0.05) is 6.07 Å². The molecule has 124 valence electrons. The van der Waals surface area contributed by atoms with E-state index in [4.69, 9.17) is 14.2 Å². The minimum absolute atomic E-state index is 0.0372. The van der Waals surface area contributed by atoms with E-state index in [1.165, 1.54) is 12.1 Å². The Labute approximate surface area is 138 Å². The molecule has 0 amide bonds. The molecule has 6 heteroatoms. The Balaban J connectivity index is 1.97. The number of hydrogen-bond donors (Lipinski definition) is 2. The van der Waals surface area contributed by atoms with Gasteiger partial charge in [-0.25, -0.2) is 0 Å². The molecule has 1 aliphatic rings. The van der Waals surface area contributed by atoms with E-state index in [0.29, 0.717) is 23.7 Å². The van der Waals surface area contributed by atoms with Crippen LogP contribution in [0.15, 0.2) is 36.1 Å². The first-order valence-electron chi connectivity index (χ1n) is 7.35. The van der Waals surface area contributed by atoms with E-state index in [1.54, 1.807) is 31.4 Å². The normalized spacial score (nSPS) is 14.4. The van der Waals surface area contributed by atoms with Gasteiger partial charge in [-0.3, -0.25) is 4.79 Å². The third-order valence-corrected chi connectivity index (χ3v) is 3.58. The zero-order valence-electron chi connectivity index (χ0n) is 13.2. The van der Waals surface area contributed by atoms with Gasteiger partial charge in [0.2, 0.25) is 11.5 Å². The van der Waals surface area contributed by atoms with Crippen molar-refractivity contribution in [3.8, 4) is 28.7 Å². The fraction of sp³-hybridized carbons (Fsp3) is 0.167. The molecule has 6 nitrogen and oxygen atoms in total. The Morgan fingerprint density at radius 2 is 1.96 bits per heavy atom. The second-order valence-corrected chi connectivity index (χ2v) is 5.09. The third-order valence-electron chi connectivity index (χ3n) is 3.58. The molecule has 0 saturated heterocycles. The fourth-order valence-electron chi connectivity index (χ4n) is 2.43. The van der Waals surface area contributed by atoms with Crippen molar-refractivity contribution in [2.75, 3.05) is 13.7 Å². The van der Waals surface area contributed by atoms with E-state index >= 15 is 0 Å².